The van der Waals surface area contributed by atoms with Gasteiger partial charge in [-0.25, -0.2) is 0 Å². The molecule has 0 atom stereocenters. The molecule has 0 heterocycles. The summed E-state index contributed by atoms with van der Waals surface area (Å²) in [7, 11) is 0. The van der Waals surface area contributed by atoms with Crippen LogP contribution in [0.2, 0.25) is 0 Å². The van der Waals surface area contributed by atoms with Gasteiger partial charge in [0.1, 0.15) is 12.4 Å². The van der Waals surface area contributed by atoms with Gasteiger partial charge in [0.25, 0.3) is 0 Å². The lowest BCUT2D eigenvalue weighted by atomic mass is 10.0. The van der Waals surface area contributed by atoms with Gasteiger partial charge in [0.05, 0.1) is 4.92 Å². The molecule has 24 heavy (non-hydrogen) atoms. The minimum atomic E-state index is -0.477. The Labute approximate surface area is 138 Å². The van der Waals surface area contributed by atoms with Crippen LogP contribution in [-0.4, -0.2) is 10.0 Å². The maximum atomic E-state index is 11.2. The first-order valence-electron chi connectivity index (χ1n) is 7.38. The number of nitro benzene ring substituents is 1. The maximum absolute atomic E-state index is 11.2. The average Bonchev–Trinajstić information content (AvgIpc) is 2.61. The molecule has 0 saturated carbocycles. The normalized spacial score (nSPS) is 10.3. The van der Waals surface area contributed by atoms with Gasteiger partial charge >= 0.3 is 5.69 Å². The summed E-state index contributed by atoms with van der Waals surface area (Å²) in [5.74, 6) is 0.282. The van der Waals surface area contributed by atoms with E-state index in [0.29, 0.717) is 11.1 Å². The van der Waals surface area contributed by atoms with Crippen LogP contribution in [0, 0.1) is 10.1 Å². The third-order valence-corrected chi connectivity index (χ3v) is 3.61. The number of hydrogen-bond donors (Lipinski definition) is 1. The van der Waals surface area contributed by atoms with Crippen LogP contribution in [0.25, 0.3) is 11.1 Å². The Morgan fingerprint density at radius 1 is 0.958 bits per heavy atom. The molecule has 0 saturated heterocycles. The van der Waals surface area contributed by atoms with E-state index >= 15 is 0 Å². The highest BCUT2D eigenvalue weighted by Gasteiger charge is 2.17. The third-order valence-electron chi connectivity index (χ3n) is 3.61. The number of nitro groups is 1. The zero-order chi connectivity index (χ0) is 16.9. The van der Waals surface area contributed by atoms with Crippen molar-refractivity contribution in [3.63, 3.8) is 0 Å². The van der Waals surface area contributed by atoms with Gasteiger partial charge in [-0.2, -0.15) is 0 Å². The Bertz CT molecular complexity index is 862. The van der Waals surface area contributed by atoms with Crippen LogP contribution in [0.1, 0.15) is 5.56 Å². The fourth-order valence-corrected chi connectivity index (χ4v) is 2.40. The summed E-state index contributed by atoms with van der Waals surface area (Å²) in [6.07, 6.45) is 0. The molecule has 3 aromatic carbocycles. The second-order valence-electron chi connectivity index (χ2n) is 5.23. The van der Waals surface area contributed by atoms with Crippen molar-refractivity contribution in [3.05, 3.63) is 88.5 Å². The van der Waals surface area contributed by atoms with Crippen molar-refractivity contribution in [3.8, 4) is 22.6 Å². The standard InChI is InChI=1S/C19H15NO4/c21-18-9-5-4-8-16(18)15-10-11-17(20(22)23)19(12-15)24-13-14-6-2-1-3-7-14/h1-12,21H,13H2. The van der Waals surface area contributed by atoms with E-state index in [1.807, 2.05) is 30.3 Å². The van der Waals surface area contributed by atoms with Crippen LogP contribution in [0.4, 0.5) is 5.69 Å². The molecule has 0 aliphatic carbocycles. The molecule has 0 bridgehead atoms. The summed E-state index contributed by atoms with van der Waals surface area (Å²) >= 11 is 0. The fourth-order valence-electron chi connectivity index (χ4n) is 2.40. The Balaban J connectivity index is 1.95. The number of phenols is 1. The average molecular weight is 321 g/mol. The van der Waals surface area contributed by atoms with Crippen LogP contribution in [-0.2, 0) is 6.61 Å². The van der Waals surface area contributed by atoms with E-state index in [9.17, 15) is 15.2 Å². The van der Waals surface area contributed by atoms with Gasteiger partial charge in [0.2, 0.25) is 0 Å². The number of aromatic hydroxyl groups is 1. The number of rotatable bonds is 5. The van der Waals surface area contributed by atoms with Gasteiger partial charge in [0, 0.05) is 11.6 Å². The van der Waals surface area contributed by atoms with E-state index < -0.39 is 4.92 Å². The molecule has 120 valence electrons. The molecule has 0 amide bonds. The van der Waals surface area contributed by atoms with Crippen molar-refractivity contribution in [1.82, 2.24) is 0 Å². The zero-order valence-electron chi connectivity index (χ0n) is 12.8. The van der Waals surface area contributed by atoms with Crippen molar-refractivity contribution in [2.24, 2.45) is 0 Å². The molecule has 0 fully saturated rings. The number of benzene rings is 3. The minimum absolute atomic E-state index is 0.106. The van der Waals surface area contributed by atoms with Gasteiger partial charge in [-0.05, 0) is 29.3 Å². The van der Waals surface area contributed by atoms with Crippen molar-refractivity contribution in [1.29, 1.82) is 0 Å². The van der Waals surface area contributed by atoms with E-state index in [-0.39, 0.29) is 23.8 Å². The Morgan fingerprint density at radius 2 is 1.67 bits per heavy atom. The largest absolute Gasteiger partial charge is 0.507 e. The zero-order valence-corrected chi connectivity index (χ0v) is 12.8. The summed E-state index contributed by atoms with van der Waals surface area (Å²) in [4.78, 5) is 10.7. The lowest BCUT2D eigenvalue weighted by Crippen LogP contribution is -1.99. The van der Waals surface area contributed by atoms with E-state index in [4.69, 9.17) is 4.74 Å². The van der Waals surface area contributed by atoms with Gasteiger partial charge in [-0.1, -0.05) is 48.5 Å². The van der Waals surface area contributed by atoms with E-state index in [1.54, 1.807) is 36.4 Å². The molecule has 0 aliphatic heterocycles. The minimum Gasteiger partial charge on any atom is -0.507 e. The molecule has 3 aromatic rings. The Hall–Kier alpha value is -3.34. The molecule has 0 spiro atoms. The van der Waals surface area contributed by atoms with Crippen LogP contribution < -0.4 is 4.74 Å². The van der Waals surface area contributed by atoms with E-state index in [2.05, 4.69) is 0 Å². The number of phenolic OH excluding ortho intramolecular Hbond substituents is 1. The number of ether oxygens (including phenoxy) is 1. The predicted octanol–water partition coefficient (Wildman–Crippen LogP) is 4.55. The van der Waals surface area contributed by atoms with Crippen molar-refractivity contribution in [2.75, 3.05) is 0 Å². The number of hydrogen-bond acceptors (Lipinski definition) is 4. The van der Waals surface area contributed by atoms with Gasteiger partial charge < -0.3 is 9.84 Å². The fraction of sp³-hybridized carbons (Fsp3) is 0.0526. The monoisotopic (exact) mass is 321 g/mol. The summed E-state index contributed by atoms with van der Waals surface area (Å²) in [6, 6.07) is 20.8. The van der Waals surface area contributed by atoms with Crippen molar-refractivity contribution >= 4 is 5.69 Å². The first kappa shape index (κ1) is 15.6. The van der Waals surface area contributed by atoms with Crippen LogP contribution in [0.5, 0.6) is 11.5 Å². The summed E-state index contributed by atoms with van der Waals surface area (Å²) < 4.78 is 5.66. The number of para-hydroxylation sites is 1. The highest BCUT2D eigenvalue weighted by atomic mass is 16.6. The van der Waals surface area contributed by atoms with Crippen LogP contribution in [0.3, 0.4) is 0 Å². The second-order valence-corrected chi connectivity index (χ2v) is 5.23. The molecule has 5 nitrogen and oxygen atoms in total. The molecule has 0 aromatic heterocycles. The maximum Gasteiger partial charge on any atom is 0.310 e. The molecule has 5 heteroatoms. The predicted molar refractivity (Wildman–Crippen MR) is 91.0 cm³/mol. The SMILES string of the molecule is O=[N+]([O-])c1ccc(-c2ccccc2O)cc1OCc1ccccc1. The lowest BCUT2D eigenvalue weighted by Gasteiger charge is -2.10. The molecule has 0 aliphatic rings. The first-order chi connectivity index (χ1) is 11.6. The molecule has 3 rings (SSSR count). The molecule has 1 N–H and O–H groups in total. The summed E-state index contributed by atoms with van der Waals surface area (Å²) in [6.45, 7) is 0.228. The molecular weight excluding hydrogens is 306 g/mol. The number of nitrogens with zero attached hydrogens (tertiary/aromatic N) is 1. The van der Waals surface area contributed by atoms with Gasteiger partial charge in [0.15, 0.2) is 5.75 Å². The van der Waals surface area contributed by atoms with Gasteiger partial charge in [-0.3, -0.25) is 10.1 Å². The lowest BCUT2D eigenvalue weighted by molar-refractivity contribution is -0.385. The summed E-state index contributed by atoms with van der Waals surface area (Å²) in [5, 5.41) is 21.2. The van der Waals surface area contributed by atoms with Crippen molar-refractivity contribution in [2.45, 2.75) is 6.61 Å². The second kappa shape index (κ2) is 6.83. The van der Waals surface area contributed by atoms with Gasteiger partial charge in [-0.15, -0.1) is 0 Å². The Morgan fingerprint density at radius 3 is 2.38 bits per heavy atom. The van der Waals surface area contributed by atoms with Crippen molar-refractivity contribution < 1.29 is 14.8 Å². The highest BCUT2D eigenvalue weighted by molar-refractivity contribution is 5.73. The third kappa shape index (κ3) is 3.35. The molecular formula is C19H15NO4. The Kier molecular flexibility index (Phi) is 4.43. The quantitative estimate of drug-likeness (QED) is 0.553. The smallest absolute Gasteiger partial charge is 0.310 e. The molecule has 0 unspecified atom stereocenters. The van der Waals surface area contributed by atoms with E-state index in [1.165, 1.54) is 6.07 Å². The van der Waals surface area contributed by atoms with E-state index in [0.717, 1.165) is 5.56 Å². The first-order valence-corrected chi connectivity index (χ1v) is 7.38. The molecule has 0 radical (unpaired) electrons. The highest BCUT2D eigenvalue weighted by Crippen LogP contribution is 2.36. The van der Waals surface area contributed by atoms with Crippen LogP contribution in [0.15, 0.2) is 72.8 Å². The van der Waals surface area contributed by atoms with Crippen LogP contribution >= 0.6 is 0 Å². The summed E-state index contributed by atoms with van der Waals surface area (Å²) in [5.41, 5.74) is 2.06. The topological polar surface area (TPSA) is 72.6 Å².